The molecule has 136 valence electrons. The van der Waals surface area contributed by atoms with E-state index in [4.69, 9.17) is 4.74 Å². The van der Waals surface area contributed by atoms with Crippen LogP contribution in [0.4, 0.5) is 9.18 Å². The van der Waals surface area contributed by atoms with E-state index in [1.54, 1.807) is 18.3 Å². The van der Waals surface area contributed by atoms with Gasteiger partial charge >= 0.3 is 6.09 Å². The molecule has 2 N–H and O–H groups in total. The van der Waals surface area contributed by atoms with Crippen LogP contribution >= 0.6 is 0 Å². The van der Waals surface area contributed by atoms with Gasteiger partial charge in [0.05, 0.1) is 17.9 Å². The van der Waals surface area contributed by atoms with E-state index in [1.165, 1.54) is 12.1 Å². The van der Waals surface area contributed by atoms with Crippen LogP contribution in [-0.4, -0.2) is 21.7 Å². The molecule has 0 saturated carbocycles. The number of aromatic amines is 1. The zero-order valence-electron chi connectivity index (χ0n) is 15.4. The summed E-state index contributed by atoms with van der Waals surface area (Å²) in [6.45, 7) is 9.62. The maximum Gasteiger partial charge on any atom is 0.408 e. The highest BCUT2D eigenvalue weighted by molar-refractivity contribution is 5.68. The van der Waals surface area contributed by atoms with Crippen LogP contribution in [0.5, 0.6) is 0 Å². The van der Waals surface area contributed by atoms with E-state index in [9.17, 15) is 9.18 Å². The molecule has 6 heteroatoms. The summed E-state index contributed by atoms with van der Waals surface area (Å²) in [5, 5.41) is 2.88. The highest BCUT2D eigenvalue weighted by Crippen LogP contribution is 2.24. The lowest BCUT2D eigenvalue weighted by molar-refractivity contribution is 0.0495. The summed E-state index contributed by atoms with van der Waals surface area (Å²) in [7, 11) is 0. The summed E-state index contributed by atoms with van der Waals surface area (Å²) < 4.78 is 18.4. The number of aromatic nitrogens is 2. The number of amides is 1. The first-order valence-corrected chi connectivity index (χ1v) is 8.44. The number of ether oxygens (including phenoxy) is 1. The molecule has 0 aliphatic heterocycles. The number of benzene rings is 1. The Bertz CT molecular complexity index is 702. The quantitative estimate of drug-likeness (QED) is 0.814. The Morgan fingerprint density at radius 1 is 1.28 bits per heavy atom. The molecule has 2 rings (SSSR count). The highest BCUT2D eigenvalue weighted by atomic mass is 19.1. The number of nitrogens with zero attached hydrogens (tertiary/aromatic N) is 1. The van der Waals surface area contributed by atoms with Gasteiger partial charge in [0.15, 0.2) is 0 Å². The van der Waals surface area contributed by atoms with Crippen LogP contribution in [0.1, 0.15) is 52.9 Å². The monoisotopic (exact) mass is 347 g/mol. The maximum absolute atomic E-state index is 13.1. The Kier molecular flexibility index (Phi) is 5.82. The van der Waals surface area contributed by atoms with Crippen molar-refractivity contribution in [2.24, 2.45) is 5.92 Å². The van der Waals surface area contributed by atoms with Crippen LogP contribution in [0.25, 0.3) is 11.3 Å². The van der Waals surface area contributed by atoms with Crippen LogP contribution in [0.3, 0.4) is 0 Å². The molecular weight excluding hydrogens is 321 g/mol. The first-order valence-electron chi connectivity index (χ1n) is 8.44. The topological polar surface area (TPSA) is 67.0 Å². The molecule has 1 atom stereocenters. The zero-order chi connectivity index (χ0) is 18.6. The van der Waals surface area contributed by atoms with Gasteiger partial charge in [-0.2, -0.15) is 0 Å². The fourth-order valence-corrected chi connectivity index (χ4v) is 2.45. The van der Waals surface area contributed by atoms with Gasteiger partial charge in [0.2, 0.25) is 0 Å². The third kappa shape index (κ3) is 5.89. The van der Waals surface area contributed by atoms with E-state index >= 15 is 0 Å². The van der Waals surface area contributed by atoms with E-state index < -0.39 is 11.7 Å². The van der Waals surface area contributed by atoms with Crippen molar-refractivity contribution in [2.45, 2.75) is 52.7 Å². The lowest BCUT2D eigenvalue weighted by atomic mass is 10.0. The van der Waals surface area contributed by atoms with Gasteiger partial charge in [0.1, 0.15) is 17.2 Å². The number of rotatable bonds is 5. The van der Waals surface area contributed by atoms with Gasteiger partial charge in [-0.15, -0.1) is 0 Å². The summed E-state index contributed by atoms with van der Waals surface area (Å²) in [6.07, 6.45) is 1.93. The molecule has 5 nitrogen and oxygen atoms in total. The first-order chi connectivity index (χ1) is 11.6. The summed E-state index contributed by atoms with van der Waals surface area (Å²) in [4.78, 5) is 19.7. The number of carbonyl (C=O) groups excluding carboxylic acids is 1. The number of hydrogen-bond donors (Lipinski definition) is 2. The number of halogens is 1. The normalized spacial score (nSPS) is 12.9. The van der Waals surface area contributed by atoms with Gasteiger partial charge in [-0.3, -0.25) is 0 Å². The third-order valence-corrected chi connectivity index (χ3v) is 3.48. The largest absolute Gasteiger partial charge is 0.444 e. The summed E-state index contributed by atoms with van der Waals surface area (Å²) in [6, 6.07) is 5.89. The Balaban J connectivity index is 2.17. The number of hydrogen-bond acceptors (Lipinski definition) is 3. The van der Waals surface area contributed by atoms with Crippen molar-refractivity contribution in [2.75, 3.05) is 0 Å². The van der Waals surface area contributed by atoms with Gasteiger partial charge in [-0.25, -0.2) is 14.2 Å². The van der Waals surface area contributed by atoms with Gasteiger partial charge in [-0.05, 0) is 62.9 Å². The molecule has 0 bridgehead atoms. The van der Waals surface area contributed by atoms with Crippen molar-refractivity contribution in [1.29, 1.82) is 0 Å². The van der Waals surface area contributed by atoms with E-state index in [-0.39, 0.29) is 11.9 Å². The molecule has 1 amide bonds. The SMILES string of the molecule is CC(C)CC(NC(=O)OC(C)(C)C)c1ncc(-c2ccc(F)cc2)[nH]1. The number of H-pyrrole nitrogens is 1. The molecule has 1 heterocycles. The second-order valence-corrected chi connectivity index (χ2v) is 7.52. The molecule has 2 aromatic rings. The van der Waals surface area contributed by atoms with Crippen LogP contribution in [0, 0.1) is 11.7 Å². The predicted octanol–water partition coefficient (Wildman–Crippen LogP) is 4.83. The molecule has 25 heavy (non-hydrogen) atoms. The van der Waals surface area contributed by atoms with E-state index in [0.29, 0.717) is 11.7 Å². The fourth-order valence-electron chi connectivity index (χ4n) is 2.45. The number of carbonyl (C=O) groups is 1. The second kappa shape index (κ2) is 7.68. The Morgan fingerprint density at radius 3 is 2.48 bits per heavy atom. The van der Waals surface area contributed by atoms with Gasteiger partial charge in [0.25, 0.3) is 0 Å². The molecule has 0 spiro atoms. The molecule has 0 radical (unpaired) electrons. The minimum atomic E-state index is -0.561. The van der Waals surface area contributed by atoms with Crippen molar-refractivity contribution < 1.29 is 13.9 Å². The van der Waals surface area contributed by atoms with Crippen molar-refractivity contribution in [3.8, 4) is 11.3 Å². The first kappa shape index (κ1) is 19.0. The molecular formula is C19H26FN3O2. The molecule has 0 saturated heterocycles. The van der Waals surface area contributed by atoms with Crippen molar-refractivity contribution in [3.63, 3.8) is 0 Å². The van der Waals surface area contributed by atoms with Crippen molar-refractivity contribution >= 4 is 6.09 Å². The van der Waals surface area contributed by atoms with Gasteiger partial charge in [0, 0.05) is 0 Å². The van der Waals surface area contributed by atoms with Crippen LogP contribution in [0.2, 0.25) is 0 Å². The van der Waals surface area contributed by atoms with E-state index in [0.717, 1.165) is 17.7 Å². The minimum absolute atomic E-state index is 0.284. The van der Waals surface area contributed by atoms with Crippen molar-refractivity contribution in [3.05, 3.63) is 42.1 Å². The third-order valence-electron chi connectivity index (χ3n) is 3.48. The number of imidazole rings is 1. The van der Waals surface area contributed by atoms with Gasteiger partial charge in [-0.1, -0.05) is 13.8 Å². The average molecular weight is 347 g/mol. The smallest absolute Gasteiger partial charge is 0.408 e. The molecule has 0 fully saturated rings. The average Bonchev–Trinajstić information content (AvgIpc) is 2.94. The Labute approximate surface area is 148 Å². The minimum Gasteiger partial charge on any atom is -0.444 e. The lowest BCUT2D eigenvalue weighted by Crippen LogP contribution is -2.35. The standard InChI is InChI=1S/C19H26FN3O2/c1-12(2)10-15(23-18(24)25-19(3,4)5)17-21-11-16(22-17)13-6-8-14(20)9-7-13/h6-9,11-12,15H,10H2,1-5H3,(H,21,22)(H,23,24). The molecule has 1 unspecified atom stereocenters. The van der Waals surface area contributed by atoms with E-state index in [2.05, 4.69) is 29.1 Å². The summed E-state index contributed by atoms with van der Waals surface area (Å²) in [5.41, 5.74) is 1.05. The van der Waals surface area contributed by atoms with Crippen molar-refractivity contribution in [1.82, 2.24) is 15.3 Å². The molecule has 0 aliphatic rings. The number of alkyl carbamates (subject to hydrolysis) is 1. The van der Waals surface area contributed by atoms with E-state index in [1.807, 2.05) is 20.8 Å². The van der Waals surface area contributed by atoms with Gasteiger partial charge < -0.3 is 15.0 Å². The fraction of sp³-hybridized carbons (Fsp3) is 0.474. The predicted molar refractivity (Wildman–Crippen MR) is 95.5 cm³/mol. The maximum atomic E-state index is 13.1. The van der Waals surface area contributed by atoms with Crippen LogP contribution < -0.4 is 5.32 Å². The molecule has 1 aromatic heterocycles. The Hall–Kier alpha value is -2.37. The Morgan fingerprint density at radius 2 is 1.92 bits per heavy atom. The van der Waals surface area contributed by atoms with Crippen LogP contribution in [-0.2, 0) is 4.74 Å². The van der Waals surface area contributed by atoms with Crippen LogP contribution in [0.15, 0.2) is 30.5 Å². The molecule has 0 aliphatic carbocycles. The lowest BCUT2D eigenvalue weighted by Gasteiger charge is -2.23. The summed E-state index contributed by atoms with van der Waals surface area (Å²) >= 11 is 0. The highest BCUT2D eigenvalue weighted by Gasteiger charge is 2.23. The number of nitrogens with one attached hydrogen (secondary N) is 2. The zero-order valence-corrected chi connectivity index (χ0v) is 15.4. The second-order valence-electron chi connectivity index (χ2n) is 7.52. The summed E-state index contributed by atoms with van der Waals surface area (Å²) in [5.74, 6) is 0.728. The molecule has 1 aromatic carbocycles.